The number of carbonyl (C=O) groups is 1. The highest BCUT2D eigenvalue weighted by Crippen LogP contribution is 2.16. The Morgan fingerprint density at radius 2 is 2.40 bits per heavy atom. The third-order valence-corrected chi connectivity index (χ3v) is 2.38. The number of hydrogen-bond acceptors (Lipinski definition) is 4. The zero-order chi connectivity index (χ0) is 11.3. The van der Waals surface area contributed by atoms with Crippen molar-refractivity contribution in [1.82, 2.24) is 4.98 Å². The molecule has 0 spiro atoms. The van der Waals surface area contributed by atoms with Crippen LogP contribution in [0.2, 0.25) is 5.02 Å². The van der Waals surface area contributed by atoms with Gasteiger partial charge in [-0.15, -0.1) is 0 Å². The number of halogens is 2. The summed E-state index contributed by atoms with van der Waals surface area (Å²) in [6.07, 6.45) is 3.02. The summed E-state index contributed by atoms with van der Waals surface area (Å²) in [5.74, 6) is 0.126. The van der Waals surface area contributed by atoms with E-state index in [9.17, 15) is 4.79 Å². The smallest absolute Gasteiger partial charge is 0.322 e. The molecule has 0 bridgehead atoms. The maximum Gasteiger partial charge on any atom is 0.322 e. The van der Waals surface area contributed by atoms with Crippen LogP contribution in [-0.2, 0) is 9.53 Å². The highest BCUT2D eigenvalue weighted by Gasteiger charge is 2.15. The van der Waals surface area contributed by atoms with Crippen molar-refractivity contribution in [2.24, 2.45) is 0 Å². The van der Waals surface area contributed by atoms with Gasteiger partial charge in [0.15, 0.2) is 0 Å². The van der Waals surface area contributed by atoms with Crippen LogP contribution in [0.25, 0.3) is 0 Å². The minimum Gasteiger partial charge on any atom is -0.490 e. The van der Waals surface area contributed by atoms with Gasteiger partial charge in [0.05, 0.1) is 18.3 Å². The zero-order valence-electron chi connectivity index (χ0n) is 7.94. The molecule has 1 unspecified atom stereocenters. The maximum absolute atomic E-state index is 11.0. The van der Waals surface area contributed by atoms with Crippen LogP contribution in [0.3, 0.4) is 0 Å². The predicted molar refractivity (Wildman–Crippen MR) is 59.5 cm³/mol. The lowest BCUT2D eigenvalue weighted by atomic mass is 10.4. The monoisotopic (exact) mass is 293 g/mol. The molecule has 15 heavy (non-hydrogen) atoms. The van der Waals surface area contributed by atoms with Crippen LogP contribution in [0.5, 0.6) is 5.75 Å². The molecule has 1 heterocycles. The molecule has 1 aromatic heterocycles. The number of pyridine rings is 1. The number of hydrogen-bond donors (Lipinski definition) is 0. The Labute approximate surface area is 101 Å². The highest BCUT2D eigenvalue weighted by molar-refractivity contribution is 9.10. The fourth-order valence-electron chi connectivity index (χ4n) is 0.837. The molecule has 1 atom stereocenters. The molecule has 0 saturated carbocycles. The van der Waals surface area contributed by atoms with E-state index in [0.717, 1.165) is 0 Å². The number of rotatable bonds is 4. The van der Waals surface area contributed by atoms with Crippen molar-refractivity contribution in [3.8, 4) is 5.75 Å². The molecule has 1 aromatic rings. The predicted octanol–water partition coefficient (Wildman–Crippen LogP) is 2.05. The summed E-state index contributed by atoms with van der Waals surface area (Å²) in [6.45, 7) is 0.161. The van der Waals surface area contributed by atoms with Crippen LogP contribution in [0.1, 0.15) is 0 Å². The number of carbonyl (C=O) groups excluding carboxylic acids is 1. The number of aromatic nitrogens is 1. The van der Waals surface area contributed by atoms with E-state index in [1.807, 2.05) is 0 Å². The average Bonchev–Trinajstić information content (AvgIpc) is 2.25. The molecule has 0 aromatic carbocycles. The standard InChI is InChI=1S/C9H9BrClNO3/c1-14-9(13)8(10)5-15-7-2-6(11)3-12-4-7/h2-4,8H,5H2,1H3. The normalized spacial score (nSPS) is 11.9. The second kappa shape index (κ2) is 5.92. The van der Waals surface area contributed by atoms with E-state index in [0.29, 0.717) is 10.8 Å². The topological polar surface area (TPSA) is 48.4 Å². The van der Waals surface area contributed by atoms with Crippen LogP contribution in [0, 0.1) is 0 Å². The van der Waals surface area contributed by atoms with E-state index in [1.165, 1.54) is 19.5 Å². The van der Waals surface area contributed by atoms with E-state index in [4.69, 9.17) is 16.3 Å². The summed E-state index contributed by atoms with van der Waals surface area (Å²) < 4.78 is 9.79. The zero-order valence-corrected chi connectivity index (χ0v) is 10.3. The first-order valence-corrected chi connectivity index (χ1v) is 5.38. The summed E-state index contributed by atoms with van der Waals surface area (Å²) in [6, 6.07) is 1.62. The maximum atomic E-state index is 11.0. The first-order chi connectivity index (χ1) is 7.13. The largest absolute Gasteiger partial charge is 0.490 e. The van der Waals surface area contributed by atoms with Crippen molar-refractivity contribution >= 4 is 33.5 Å². The van der Waals surface area contributed by atoms with Crippen LogP contribution in [0.15, 0.2) is 18.5 Å². The molecule has 82 valence electrons. The molecular weight excluding hydrogens is 285 g/mol. The number of esters is 1. The Kier molecular flexibility index (Phi) is 4.84. The van der Waals surface area contributed by atoms with Gasteiger partial charge in [-0.1, -0.05) is 27.5 Å². The van der Waals surface area contributed by atoms with Crippen LogP contribution < -0.4 is 4.74 Å². The van der Waals surface area contributed by atoms with Crippen LogP contribution in [-0.4, -0.2) is 29.5 Å². The van der Waals surface area contributed by atoms with Crippen molar-refractivity contribution in [1.29, 1.82) is 0 Å². The van der Waals surface area contributed by atoms with Gasteiger partial charge in [-0.2, -0.15) is 0 Å². The first-order valence-electron chi connectivity index (χ1n) is 4.08. The van der Waals surface area contributed by atoms with Crippen molar-refractivity contribution < 1.29 is 14.3 Å². The van der Waals surface area contributed by atoms with Gasteiger partial charge in [-0.05, 0) is 0 Å². The SMILES string of the molecule is COC(=O)C(Br)COc1cncc(Cl)c1. The van der Waals surface area contributed by atoms with E-state index < -0.39 is 4.83 Å². The molecule has 0 amide bonds. The van der Waals surface area contributed by atoms with E-state index in [1.54, 1.807) is 6.07 Å². The van der Waals surface area contributed by atoms with E-state index >= 15 is 0 Å². The Balaban J connectivity index is 2.47. The Morgan fingerprint density at radius 1 is 1.67 bits per heavy atom. The second-order valence-electron chi connectivity index (χ2n) is 2.64. The first kappa shape index (κ1) is 12.3. The minimum atomic E-state index is -0.499. The fraction of sp³-hybridized carbons (Fsp3) is 0.333. The quantitative estimate of drug-likeness (QED) is 0.630. The molecule has 6 heteroatoms. The molecule has 4 nitrogen and oxygen atoms in total. The van der Waals surface area contributed by atoms with Crippen LogP contribution >= 0.6 is 27.5 Å². The molecule has 0 aliphatic rings. The summed E-state index contributed by atoms with van der Waals surface area (Å²) in [4.78, 5) is 14.3. The number of ether oxygens (including phenoxy) is 2. The second-order valence-corrected chi connectivity index (χ2v) is 4.18. The molecule has 0 aliphatic carbocycles. The van der Waals surface area contributed by atoms with E-state index in [2.05, 4.69) is 25.7 Å². The van der Waals surface area contributed by atoms with Gasteiger partial charge in [0.2, 0.25) is 0 Å². The lowest BCUT2D eigenvalue weighted by molar-refractivity contribution is -0.140. The Morgan fingerprint density at radius 3 is 3.00 bits per heavy atom. The summed E-state index contributed by atoms with van der Waals surface area (Å²) >= 11 is 8.83. The molecule has 0 radical (unpaired) electrons. The van der Waals surface area contributed by atoms with Crippen molar-refractivity contribution in [3.63, 3.8) is 0 Å². The van der Waals surface area contributed by atoms with Crippen LogP contribution in [0.4, 0.5) is 0 Å². The fourth-order valence-corrected chi connectivity index (χ4v) is 1.32. The average molecular weight is 295 g/mol. The summed E-state index contributed by atoms with van der Waals surface area (Å²) in [5, 5.41) is 0.483. The van der Waals surface area contributed by atoms with Crippen molar-refractivity contribution in [2.45, 2.75) is 4.83 Å². The number of nitrogens with zero attached hydrogens (tertiary/aromatic N) is 1. The van der Waals surface area contributed by atoms with Crippen molar-refractivity contribution in [2.75, 3.05) is 13.7 Å². The van der Waals surface area contributed by atoms with E-state index in [-0.39, 0.29) is 12.6 Å². The Hall–Kier alpha value is -0.810. The molecule has 0 saturated heterocycles. The third-order valence-electron chi connectivity index (χ3n) is 1.53. The van der Waals surface area contributed by atoms with Gasteiger partial charge in [0.25, 0.3) is 0 Å². The molecule has 1 rings (SSSR count). The summed E-state index contributed by atoms with van der Waals surface area (Å²) in [7, 11) is 1.32. The minimum absolute atomic E-state index is 0.161. The van der Waals surface area contributed by atoms with Gasteiger partial charge >= 0.3 is 5.97 Å². The van der Waals surface area contributed by atoms with Gasteiger partial charge in [0, 0.05) is 12.3 Å². The highest BCUT2D eigenvalue weighted by atomic mass is 79.9. The lowest BCUT2D eigenvalue weighted by Gasteiger charge is -2.09. The lowest BCUT2D eigenvalue weighted by Crippen LogP contribution is -2.22. The number of alkyl halides is 1. The van der Waals surface area contributed by atoms with Gasteiger partial charge in [-0.3, -0.25) is 9.78 Å². The van der Waals surface area contributed by atoms with Gasteiger partial charge < -0.3 is 9.47 Å². The summed E-state index contributed by atoms with van der Waals surface area (Å²) in [5.41, 5.74) is 0. The molecular formula is C9H9BrClNO3. The molecule has 0 fully saturated rings. The van der Waals surface area contributed by atoms with Gasteiger partial charge in [0.1, 0.15) is 17.2 Å². The molecule has 0 N–H and O–H groups in total. The van der Waals surface area contributed by atoms with Gasteiger partial charge in [-0.25, -0.2) is 0 Å². The van der Waals surface area contributed by atoms with Crippen molar-refractivity contribution in [3.05, 3.63) is 23.5 Å². The third kappa shape index (κ3) is 4.05. The molecule has 0 aliphatic heterocycles. The number of methoxy groups -OCH3 is 1. The Bertz CT molecular complexity index is 348.